The van der Waals surface area contributed by atoms with E-state index < -0.39 is 0 Å². The number of amides is 1. The summed E-state index contributed by atoms with van der Waals surface area (Å²) in [6.45, 7) is 2.18. The lowest BCUT2D eigenvalue weighted by Gasteiger charge is -2.44. The van der Waals surface area contributed by atoms with E-state index in [1.807, 2.05) is 0 Å². The Bertz CT molecular complexity index is 265. The van der Waals surface area contributed by atoms with Crippen LogP contribution < -0.4 is 5.32 Å². The summed E-state index contributed by atoms with van der Waals surface area (Å²) in [6, 6.07) is 1.14. The van der Waals surface area contributed by atoms with Crippen LogP contribution in [0.2, 0.25) is 0 Å². The van der Waals surface area contributed by atoms with Gasteiger partial charge >= 0.3 is 0 Å². The number of piperidine rings is 1. The Hall–Kier alpha value is -0.570. The maximum absolute atomic E-state index is 12.3. The molecule has 3 fully saturated rings. The highest BCUT2D eigenvalue weighted by molar-refractivity contribution is 5.81. The second-order valence-corrected chi connectivity index (χ2v) is 5.59. The van der Waals surface area contributed by atoms with Crippen molar-refractivity contribution >= 4 is 5.91 Å². The minimum atomic E-state index is 0.399. The highest BCUT2D eigenvalue weighted by Crippen LogP contribution is 2.37. The Morgan fingerprint density at radius 2 is 1.56 bits per heavy atom. The summed E-state index contributed by atoms with van der Waals surface area (Å²) in [5, 5.41) is 3.39. The van der Waals surface area contributed by atoms with Crippen molar-refractivity contribution in [2.75, 3.05) is 13.1 Å². The van der Waals surface area contributed by atoms with Gasteiger partial charge in [0.1, 0.15) is 0 Å². The van der Waals surface area contributed by atoms with Gasteiger partial charge in [0.25, 0.3) is 0 Å². The van der Waals surface area contributed by atoms with Crippen LogP contribution in [-0.4, -0.2) is 36.0 Å². The lowest BCUT2D eigenvalue weighted by atomic mass is 9.88. The van der Waals surface area contributed by atoms with Crippen molar-refractivity contribution in [2.45, 2.75) is 57.0 Å². The van der Waals surface area contributed by atoms with E-state index in [0.29, 0.717) is 23.9 Å². The lowest BCUT2D eigenvalue weighted by molar-refractivity contribution is -0.140. The number of nitrogens with zero attached hydrogens (tertiary/aromatic N) is 1. The SMILES string of the molecule is O=C(C1CC1)N(C1CCC1)C1CCNCC1. The molecule has 2 saturated carbocycles. The van der Waals surface area contributed by atoms with Gasteiger partial charge in [-0.2, -0.15) is 0 Å². The molecular formula is C13H22N2O. The fourth-order valence-electron chi connectivity index (χ4n) is 2.95. The molecule has 16 heavy (non-hydrogen) atoms. The molecule has 0 unspecified atom stereocenters. The fourth-order valence-corrected chi connectivity index (χ4v) is 2.95. The van der Waals surface area contributed by atoms with E-state index in [-0.39, 0.29) is 0 Å². The molecule has 0 aromatic heterocycles. The van der Waals surface area contributed by atoms with Crippen molar-refractivity contribution in [1.29, 1.82) is 0 Å². The third-order valence-electron chi connectivity index (χ3n) is 4.35. The maximum Gasteiger partial charge on any atom is 0.226 e. The van der Waals surface area contributed by atoms with Crippen LogP contribution in [0.5, 0.6) is 0 Å². The van der Waals surface area contributed by atoms with Crippen LogP contribution in [0.25, 0.3) is 0 Å². The van der Waals surface area contributed by atoms with Crippen molar-refractivity contribution in [2.24, 2.45) is 5.92 Å². The van der Waals surface area contributed by atoms with E-state index in [9.17, 15) is 4.79 Å². The van der Waals surface area contributed by atoms with Gasteiger partial charge in [0, 0.05) is 18.0 Å². The van der Waals surface area contributed by atoms with Gasteiger partial charge in [0.15, 0.2) is 0 Å². The molecule has 1 aliphatic heterocycles. The van der Waals surface area contributed by atoms with Crippen LogP contribution in [-0.2, 0) is 4.79 Å². The molecule has 1 heterocycles. The molecule has 0 atom stereocenters. The van der Waals surface area contributed by atoms with Gasteiger partial charge in [0.2, 0.25) is 5.91 Å². The summed E-state index contributed by atoms with van der Waals surface area (Å²) in [7, 11) is 0. The van der Waals surface area contributed by atoms with Crippen LogP contribution >= 0.6 is 0 Å². The zero-order valence-electron chi connectivity index (χ0n) is 9.95. The first kappa shape index (κ1) is 10.6. The van der Waals surface area contributed by atoms with Crippen LogP contribution in [0, 0.1) is 5.92 Å². The molecule has 3 nitrogen and oxygen atoms in total. The first-order valence-electron chi connectivity index (χ1n) is 6.89. The molecule has 1 saturated heterocycles. The zero-order valence-corrected chi connectivity index (χ0v) is 9.95. The molecule has 0 aromatic carbocycles. The molecule has 0 aromatic rings. The van der Waals surface area contributed by atoms with Gasteiger partial charge in [-0.1, -0.05) is 0 Å². The Morgan fingerprint density at radius 3 is 2.06 bits per heavy atom. The van der Waals surface area contributed by atoms with E-state index in [1.165, 1.54) is 19.3 Å². The van der Waals surface area contributed by atoms with Gasteiger partial charge in [0.05, 0.1) is 0 Å². The Balaban J connectivity index is 1.68. The molecule has 90 valence electrons. The van der Waals surface area contributed by atoms with Gasteiger partial charge in [-0.15, -0.1) is 0 Å². The van der Waals surface area contributed by atoms with Crippen molar-refractivity contribution in [1.82, 2.24) is 10.2 Å². The smallest absolute Gasteiger partial charge is 0.226 e. The molecule has 3 aliphatic rings. The van der Waals surface area contributed by atoms with Crippen molar-refractivity contribution in [3.8, 4) is 0 Å². The van der Waals surface area contributed by atoms with E-state index in [4.69, 9.17) is 0 Å². The van der Waals surface area contributed by atoms with E-state index in [1.54, 1.807) is 0 Å². The number of hydrogen-bond acceptors (Lipinski definition) is 2. The second-order valence-electron chi connectivity index (χ2n) is 5.59. The molecular weight excluding hydrogens is 200 g/mol. The van der Waals surface area contributed by atoms with Crippen LogP contribution in [0.4, 0.5) is 0 Å². The summed E-state index contributed by atoms with van der Waals surface area (Å²) in [4.78, 5) is 14.6. The standard InChI is InChI=1S/C13H22N2O/c16-13(10-4-5-10)15(11-2-1-3-11)12-6-8-14-9-7-12/h10-12,14H,1-9H2. The summed E-state index contributed by atoms with van der Waals surface area (Å²) in [6.07, 6.45) is 8.44. The molecule has 1 N–H and O–H groups in total. The van der Waals surface area contributed by atoms with Gasteiger partial charge < -0.3 is 10.2 Å². The zero-order chi connectivity index (χ0) is 11.0. The molecule has 1 amide bonds. The number of carbonyl (C=O) groups excluding carboxylic acids is 1. The minimum absolute atomic E-state index is 0.399. The summed E-state index contributed by atoms with van der Waals surface area (Å²) >= 11 is 0. The first-order chi connectivity index (χ1) is 7.86. The van der Waals surface area contributed by atoms with Crippen molar-refractivity contribution < 1.29 is 4.79 Å². The summed E-state index contributed by atoms with van der Waals surface area (Å²) < 4.78 is 0. The summed E-state index contributed by atoms with van der Waals surface area (Å²) in [5.41, 5.74) is 0. The average Bonchev–Trinajstić information content (AvgIpc) is 3.07. The predicted molar refractivity (Wildman–Crippen MR) is 63.1 cm³/mol. The molecule has 3 rings (SSSR count). The highest BCUT2D eigenvalue weighted by Gasteiger charge is 2.41. The van der Waals surface area contributed by atoms with E-state index >= 15 is 0 Å². The van der Waals surface area contributed by atoms with Crippen LogP contribution in [0.15, 0.2) is 0 Å². The molecule has 0 bridgehead atoms. The van der Waals surface area contributed by atoms with E-state index in [2.05, 4.69) is 10.2 Å². The average molecular weight is 222 g/mol. The third-order valence-corrected chi connectivity index (χ3v) is 4.35. The van der Waals surface area contributed by atoms with Crippen LogP contribution in [0.1, 0.15) is 44.9 Å². The van der Waals surface area contributed by atoms with Gasteiger partial charge in [-0.05, 0) is 58.0 Å². The predicted octanol–water partition coefficient (Wildman–Crippen LogP) is 1.53. The normalized spacial score (nSPS) is 27.5. The number of nitrogens with one attached hydrogen (secondary N) is 1. The number of carbonyl (C=O) groups is 1. The molecule has 2 aliphatic carbocycles. The van der Waals surface area contributed by atoms with Gasteiger partial charge in [-0.25, -0.2) is 0 Å². The molecule has 0 radical (unpaired) electrons. The van der Waals surface area contributed by atoms with Crippen molar-refractivity contribution in [3.05, 3.63) is 0 Å². The fraction of sp³-hybridized carbons (Fsp3) is 0.923. The molecule has 3 heteroatoms. The summed E-state index contributed by atoms with van der Waals surface area (Å²) in [5.74, 6) is 0.882. The minimum Gasteiger partial charge on any atom is -0.336 e. The topological polar surface area (TPSA) is 32.3 Å². The van der Waals surface area contributed by atoms with Crippen molar-refractivity contribution in [3.63, 3.8) is 0 Å². The second kappa shape index (κ2) is 4.36. The largest absolute Gasteiger partial charge is 0.336 e. The lowest BCUT2D eigenvalue weighted by Crippen LogP contribution is -2.53. The molecule has 0 spiro atoms. The third kappa shape index (κ3) is 1.97. The maximum atomic E-state index is 12.3. The highest BCUT2D eigenvalue weighted by atomic mass is 16.2. The monoisotopic (exact) mass is 222 g/mol. The Labute approximate surface area is 97.6 Å². The van der Waals surface area contributed by atoms with Gasteiger partial charge in [-0.3, -0.25) is 4.79 Å². The Morgan fingerprint density at radius 1 is 0.938 bits per heavy atom. The number of hydrogen-bond donors (Lipinski definition) is 1. The quantitative estimate of drug-likeness (QED) is 0.785. The van der Waals surface area contributed by atoms with E-state index in [0.717, 1.165) is 38.8 Å². The van der Waals surface area contributed by atoms with Crippen LogP contribution in [0.3, 0.4) is 0 Å². The first-order valence-corrected chi connectivity index (χ1v) is 6.89. The Kier molecular flexibility index (Phi) is 2.88. The number of rotatable bonds is 3.